The molecule has 0 saturated carbocycles. The maximum Gasteiger partial charge on any atom is 0.169 e. The Morgan fingerprint density at radius 2 is 1.35 bits per heavy atom. The minimum atomic E-state index is -0.628. The molecule has 1 aromatic carbocycles. The summed E-state index contributed by atoms with van der Waals surface area (Å²) in [6.45, 7) is 0.579. The van der Waals surface area contributed by atoms with Crippen LogP contribution < -0.4 is 10.6 Å². The molecule has 224 valence electrons. The zero-order chi connectivity index (χ0) is 30.4. The molecule has 0 bridgehead atoms. The molecule has 0 fully saturated rings. The number of nitrogens with zero attached hydrogens (tertiary/aromatic N) is 3. The molecule has 8 nitrogen and oxygen atoms in total. The monoisotopic (exact) mass is 651 g/mol. The fourth-order valence-corrected chi connectivity index (χ4v) is 6.56. The summed E-state index contributed by atoms with van der Waals surface area (Å²) in [5, 5.41) is 27.9. The summed E-state index contributed by atoms with van der Waals surface area (Å²) >= 11 is 13.7. The van der Waals surface area contributed by atoms with Crippen LogP contribution >= 0.6 is 48.0 Å². The Hall–Kier alpha value is -3.00. The van der Waals surface area contributed by atoms with E-state index in [0.29, 0.717) is 38.6 Å². The van der Waals surface area contributed by atoms with Crippen molar-refractivity contribution in [3.63, 3.8) is 0 Å². The zero-order valence-corrected chi connectivity index (χ0v) is 26.6. The number of benzene rings is 1. The molecule has 43 heavy (non-hydrogen) atoms. The van der Waals surface area contributed by atoms with E-state index >= 15 is 0 Å². The predicted octanol–water partition coefficient (Wildman–Crippen LogP) is 4.25. The van der Waals surface area contributed by atoms with Crippen molar-refractivity contribution in [2.24, 2.45) is 5.92 Å². The van der Waals surface area contributed by atoms with E-state index in [-0.39, 0.29) is 18.9 Å². The van der Waals surface area contributed by atoms with Crippen LogP contribution in [-0.2, 0) is 12.8 Å². The number of para-hydroxylation sites is 1. The number of aliphatic hydroxyl groups excluding tert-OH is 2. The third-order valence-corrected chi connectivity index (χ3v) is 9.38. The van der Waals surface area contributed by atoms with Crippen LogP contribution in [0.5, 0.6) is 0 Å². The van der Waals surface area contributed by atoms with Gasteiger partial charge < -0.3 is 20.8 Å². The molecule has 2 atom stereocenters. The van der Waals surface area contributed by atoms with Crippen LogP contribution in [0.4, 0.5) is 0 Å². The van der Waals surface area contributed by atoms with E-state index in [9.17, 15) is 15.0 Å². The van der Waals surface area contributed by atoms with Gasteiger partial charge in [0.05, 0.1) is 17.7 Å². The van der Waals surface area contributed by atoms with Crippen LogP contribution in [0.15, 0.2) is 85.6 Å². The van der Waals surface area contributed by atoms with Gasteiger partial charge in [-0.1, -0.05) is 78.3 Å². The molecule has 2 unspecified atom stereocenters. The largest absolute Gasteiger partial charge is 0.391 e. The van der Waals surface area contributed by atoms with E-state index < -0.39 is 18.1 Å². The first kappa shape index (κ1) is 32.9. The average molecular weight is 652 g/mol. The first-order chi connectivity index (χ1) is 20.9. The number of thioether (sulfide) groups is 2. The third kappa shape index (κ3) is 11.2. The zero-order valence-electron chi connectivity index (χ0n) is 23.3. The Morgan fingerprint density at radius 3 is 1.88 bits per heavy atom. The van der Waals surface area contributed by atoms with Gasteiger partial charge in [-0.05, 0) is 35.4 Å². The van der Waals surface area contributed by atoms with Crippen LogP contribution in [0.25, 0.3) is 10.9 Å². The van der Waals surface area contributed by atoms with Gasteiger partial charge in [-0.3, -0.25) is 19.7 Å². The first-order valence-corrected chi connectivity index (χ1v) is 16.5. The Kier molecular flexibility index (Phi) is 13.3. The van der Waals surface area contributed by atoms with Gasteiger partial charge in [-0.25, -0.2) is 0 Å². The van der Waals surface area contributed by atoms with Crippen molar-refractivity contribution in [2.75, 3.05) is 24.6 Å². The van der Waals surface area contributed by atoms with Gasteiger partial charge in [0.1, 0.15) is 8.64 Å². The molecular weight excluding hydrogens is 619 g/mol. The van der Waals surface area contributed by atoms with Gasteiger partial charge in [-0.15, -0.1) is 0 Å². The molecule has 0 radical (unpaired) electrons. The molecular formula is C31H33N5O3S4. The van der Waals surface area contributed by atoms with Gasteiger partial charge >= 0.3 is 0 Å². The molecule has 0 saturated heterocycles. The molecule has 3 heterocycles. The number of carbonyl (C=O) groups is 1. The second-order valence-corrected chi connectivity index (χ2v) is 13.3. The van der Waals surface area contributed by atoms with Crippen molar-refractivity contribution in [2.45, 2.75) is 25.0 Å². The highest BCUT2D eigenvalue weighted by Crippen LogP contribution is 2.22. The number of nitrogens with one attached hydrogen (secondary N) is 2. The van der Waals surface area contributed by atoms with Gasteiger partial charge in [0.15, 0.2) is 5.78 Å². The fraction of sp³-hybridized carbons (Fsp3) is 0.290. The van der Waals surface area contributed by atoms with Gasteiger partial charge in [0, 0.05) is 85.3 Å². The van der Waals surface area contributed by atoms with Crippen LogP contribution in [0.2, 0.25) is 0 Å². The number of Topliss-reactive ketones (excluding diaryl/α,β-unsaturated/α-hetero) is 1. The lowest BCUT2D eigenvalue weighted by Crippen LogP contribution is -2.32. The van der Waals surface area contributed by atoms with Crippen molar-refractivity contribution in [3.05, 3.63) is 102 Å². The van der Waals surface area contributed by atoms with E-state index in [1.54, 1.807) is 31.0 Å². The summed E-state index contributed by atoms with van der Waals surface area (Å²) in [5.74, 6) is 0.403. The summed E-state index contributed by atoms with van der Waals surface area (Å²) in [5.41, 5.74) is 3.23. The number of aliphatic hydroxyl groups is 2. The molecule has 0 aliphatic rings. The number of hydrogen-bond acceptors (Lipinski definition) is 10. The van der Waals surface area contributed by atoms with E-state index in [1.165, 1.54) is 23.5 Å². The van der Waals surface area contributed by atoms with E-state index in [1.807, 2.05) is 54.6 Å². The summed E-state index contributed by atoms with van der Waals surface area (Å²) in [7, 11) is 0. The summed E-state index contributed by atoms with van der Waals surface area (Å²) < 4.78 is 1.01. The molecule has 4 aromatic rings. The molecule has 4 rings (SSSR count). The predicted molar refractivity (Wildman–Crippen MR) is 184 cm³/mol. The highest BCUT2D eigenvalue weighted by molar-refractivity contribution is 8.23. The average Bonchev–Trinajstić information content (AvgIpc) is 3.03. The summed E-state index contributed by atoms with van der Waals surface area (Å²) in [6.07, 6.45) is 8.13. The Balaban J connectivity index is 1.31. The SMILES string of the molecule is O=C(c1cnc2ccccc2c1)C(CSC(=S)NCC(O)Cc1cccnc1)CSC(=S)NCC(O)Cc1cccnc1. The van der Waals surface area contributed by atoms with Crippen LogP contribution in [0.3, 0.4) is 0 Å². The van der Waals surface area contributed by atoms with E-state index in [4.69, 9.17) is 24.4 Å². The highest BCUT2D eigenvalue weighted by Gasteiger charge is 2.23. The number of ketones is 1. The fourth-order valence-electron chi connectivity index (χ4n) is 4.22. The smallest absolute Gasteiger partial charge is 0.169 e. The third-order valence-electron chi connectivity index (χ3n) is 6.43. The number of fused-ring (bicyclic) bond motifs is 1. The van der Waals surface area contributed by atoms with Crippen LogP contribution in [0, 0.1) is 5.92 Å². The minimum Gasteiger partial charge on any atom is -0.391 e. The van der Waals surface area contributed by atoms with Gasteiger partial charge in [-0.2, -0.15) is 0 Å². The van der Waals surface area contributed by atoms with Gasteiger partial charge in [0.2, 0.25) is 0 Å². The molecule has 0 amide bonds. The number of rotatable bonds is 14. The van der Waals surface area contributed by atoms with Crippen LogP contribution in [-0.4, -0.2) is 76.4 Å². The second kappa shape index (κ2) is 17.3. The maximum atomic E-state index is 13.7. The molecule has 0 spiro atoms. The first-order valence-electron chi connectivity index (χ1n) is 13.7. The molecule has 4 N–H and O–H groups in total. The van der Waals surface area contributed by atoms with Crippen LogP contribution in [0.1, 0.15) is 21.5 Å². The number of aromatic nitrogens is 3. The lowest BCUT2D eigenvalue weighted by atomic mass is 10.0. The number of pyridine rings is 3. The standard InChI is InChI=1S/C31H33N5O3S4/c37-26(11-21-5-3-9-32-14-21)17-35-30(40)42-19-25(29(39)24-13-23-7-1-2-8-28(23)34-16-24)20-43-31(41)36-18-27(38)12-22-6-4-10-33-15-22/h1-10,13-16,25-27,37-38H,11-12,17-20H2,(H,35,40)(H,36,41). The van der Waals surface area contributed by atoms with E-state index in [2.05, 4.69) is 25.6 Å². The Labute approximate surface area is 270 Å². The molecule has 3 aromatic heterocycles. The molecule has 0 aliphatic heterocycles. The molecule has 12 heteroatoms. The quantitative estimate of drug-likeness (QED) is 0.115. The van der Waals surface area contributed by atoms with Gasteiger partial charge in [0.25, 0.3) is 0 Å². The normalized spacial score (nSPS) is 13.2. The van der Waals surface area contributed by atoms with Crippen molar-refractivity contribution < 1.29 is 15.0 Å². The lowest BCUT2D eigenvalue weighted by molar-refractivity contribution is 0.0944. The van der Waals surface area contributed by atoms with E-state index in [0.717, 1.165) is 22.0 Å². The van der Waals surface area contributed by atoms with Crippen molar-refractivity contribution >= 4 is 73.3 Å². The maximum absolute atomic E-state index is 13.7. The number of thiocarbonyl (C=S) groups is 2. The Morgan fingerprint density at radius 1 is 0.791 bits per heavy atom. The summed E-state index contributed by atoms with van der Waals surface area (Å²) in [4.78, 5) is 26.3. The second-order valence-electron chi connectivity index (χ2n) is 9.88. The Bertz CT molecular complexity index is 1430. The number of hydrogen-bond donors (Lipinski definition) is 4. The molecule has 0 aliphatic carbocycles. The number of carbonyl (C=O) groups excluding carboxylic acids is 1. The van der Waals surface area contributed by atoms with Crippen molar-refractivity contribution in [1.82, 2.24) is 25.6 Å². The highest BCUT2D eigenvalue weighted by atomic mass is 32.2. The topological polar surface area (TPSA) is 120 Å². The lowest BCUT2D eigenvalue weighted by Gasteiger charge is -2.18. The van der Waals surface area contributed by atoms with Crippen molar-refractivity contribution in [1.29, 1.82) is 0 Å². The van der Waals surface area contributed by atoms with Crippen molar-refractivity contribution in [3.8, 4) is 0 Å². The summed E-state index contributed by atoms with van der Waals surface area (Å²) in [6, 6.07) is 17.0. The minimum absolute atomic E-state index is 0.0444.